The summed E-state index contributed by atoms with van der Waals surface area (Å²) in [4.78, 5) is 17.7. The summed E-state index contributed by atoms with van der Waals surface area (Å²) in [6.45, 7) is 8.16. The number of nitriles is 2. The van der Waals surface area contributed by atoms with Crippen LogP contribution in [0.1, 0.15) is 33.4 Å². The van der Waals surface area contributed by atoms with Crippen molar-refractivity contribution in [2.45, 2.75) is 33.2 Å². The fourth-order valence-corrected chi connectivity index (χ4v) is 10.0. The summed E-state index contributed by atoms with van der Waals surface area (Å²) < 4.78 is 68.7. The van der Waals surface area contributed by atoms with E-state index in [9.17, 15) is 32.1 Å². The molecule has 0 unspecified atom stereocenters. The first kappa shape index (κ1) is 74.9. The summed E-state index contributed by atoms with van der Waals surface area (Å²) in [6, 6.07) is 83.6. The summed E-state index contributed by atoms with van der Waals surface area (Å²) in [5, 5.41) is 30.3. The van der Waals surface area contributed by atoms with E-state index in [-0.39, 0.29) is 45.7 Å². The van der Waals surface area contributed by atoms with Crippen molar-refractivity contribution < 1.29 is 85.4 Å². The first-order valence-corrected chi connectivity index (χ1v) is 30.2. The van der Waals surface area contributed by atoms with E-state index < -0.39 is 15.6 Å². The van der Waals surface area contributed by atoms with Crippen molar-refractivity contribution in [3.8, 4) is 79.4 Å². The molecule has 14 aromatic rings. The van der Waals surface area contributed by atoms with Crippen LogP contribution in [-0.2, 0) is 54.5 Å². The number of aromatic nitrogens is 4. The number of fused-ring (bicyclic) bond motifs is 6. The van der Waals surface area contributed by atoms with Crippen LogP contribution in [0.15, 0.2) is 246 Å². The molecule has 0 atom stereocenters. The van der Waals surface area contributed by atoms with Crippen molar-refractivity contribution in [2.75, 3.05) is 14.2 Å². The second-order valence-electron chi connectivity index (χ2n) is 20.7. The van der Waals surface area contributed by atoms with Gasteiger partial charge in [-0.05, 0) is 115 Å². The molecule has 0 saturated carbocycles. The Hall–Kier alpha value is -10.1. The summed E-state index contributed by atoms with van der Waals surface area (Å²) in [7, 11) is -3.89. The van der Waals surface area contributed by atoms with Gasteiger partial charge in [0.25, 0.3) is 0 Å². The van der Waals surface area contributed by atoms with Crippen LogP contribution in [0.4, 0.5) is 13.2 Å². The van der Waals surface area contributed by atoms with Crippen molar-refractivity contribution in [1.82, 2.24) is 19.9 Å². The van der Waals surface area contributed by atoms with Crippen molar-refractivity contribution in [2.24, 2.45) is 0 Å². The van der Waals surface area contributed by atoms with Gasteiger partial charge in [0.15, 0.2) is 0 Å². The Morgan fingerprint density at radius 3 is 1.33 bits per heavy atom. The average Bonchev–Trinajstić information content (AvgIpc) is 1.60. The molecule has 0 aliphatic heterocycles. The fourth-order valence-electron chi connectivity index (χ4n) is 9.84. The molecule has 8 aromatic carbocycles. The molecule has 14 rings (SSSR count). The monoisotopic (exact) mass is 1660 g/mol. The molecular formula is C77H60F3Ir2N6O7S-3. The minimum Gasteiger partial charge on any atom is -0.500 e. The summed E-state index contributed by atoms with van der Waals surface area (Å²) in [5.41, 5.74) is 14.6. The molecule has 3 N–H and O–H groups in total. The van der Waals surface area contributed by atoms with Gasteiger partial charge in [0.2, 0.25) is 0 Å². The molecule has 0 fully saturated rings. The van der Waals surface area contributed by atoms with Gasteiger partial charge >= 0.3 is 15.6 Å². The van der Waals surface area contributed by atoms with Gasteiger partial charge in [-0.25, -0.2) is 0 Å². The Bertz CT molecular complexity index is 4760. The largest absolute Gasteiger partial charge is 0.523 e. The van der Waals surface area contributed by atoms with Crippen LogP contribution in [0, 0.1) is 68.6 Å². The van der Waals surface area contributed by atoms with E-state index in [1.165, 1.54) is 11.1 Å². The molecule has 488 valence electrons. The zero-order valence-corrected chi connectivity index (χ0v) is 58.0. The predicted octanol–water partition coefficient (Wildman–Crippen LogP) is 17.8. The summed E-state index contributed by atoms with van der Waals surface area (Å²) in [5.74, 6) is 0. The fraction of sp³-hybridized carbons (Fsp3) is 0.0909. The second-order valence-corrected chi connectivity index (χ2v) is 22.4. The van der Waals surface area contributed by atoms with Crippen molar-refractivity contribution in [1.29, 1.82) is 10.5 Å². The number of hydrogen-bond acceptors (Lipinski definition) is 12. The number of nitrogens with zero attached hydrogens (tertiary/aromatic N) is 6. The maximum absolute atomic E-state index is 11.1. The number of rotatable bonds is 7. The van der Waals surface area contributed by atoms with Crippen LogP contribution >= 0.6 is 0 Å². The van der Waals surface area contributed by atoms with Gasteiger partial charge in [0, 0.05) is 105 Å². The van der Waals surface area contributed by atoms with E-state index in [2.05, 4.69) is 85.6 Å². The molecule has 13 nitrogen and oxygen atoms in total. The van der Waals surface area contributed by atoms with Crippen LogP contribution in [0.25, 0.3) is 111 Å². The molecule has 0 spiro atoms. The molecule has 2 radical (unpaired) electrons. The Kier molecular flexibility index (Phi) is 27.2. The smallest absolute Gasteiger partial charge is 0.500 e. The minimum absolute atomic E-state index is 0. The number of hydrogen-bond donors (Lipinski definition) is 1. The van der Waals surface area contributed by atoms with Gasteiger partial charge < -0.3 is 34.4 Å². The predicted molar refractivity (Wildman–Crippen MR) is 363 cm³/mol. The van der Waals surface area contributed by atoms with E-state index in [4.69, 9.17) is 13.9 Å². The molecule has 0 bridgehead atoms. The molecular weight excluding hydrogens is 1590 g/mol. The molecule has 6 heterocycles. The zero-order chi connectivity index (χ0) is 66.1. The van der Waals surface area contributed by atoms with E-state index in [0.29, 0.717) is 23.8 Å². The van der Waals surface area contributed by atoms with Gasteiger partial charge in [0.05, 0.1) is 41.7 Å². The van der Waals surface area contributed by atoms with Crippen LogP contribution in [0.2, 0.25) is 0 Å². The summed E-state index contributed by atoms with van der Waals surface area (Å²) in [6.07, 6.45) is 7.35. The van der Waals surface area contributed by atoms with Gasteiger partial charge in [-0.3, -0.25) is 9.17 Å². The van der Waals surface area contributed by atoms with Crippen LogP contribution in [-0.4, -0.2) is 58.7 Å². The third-order valence-electron chi connectivity index (χ3n) is 14.3. The molecule has 0 aliphatic carbocycles. The third-order valence-corrected chi connectivity index (χ3v) is 15.3. The maximum Gasteiger partial charge on any atom is 0.523 e. The first-order chi connectivity index (χ1) is 45.0. The number of para-hydroxylation sites is 1. The number of aliphatic hydroxyl groups is 1. The number of alkyl halides is 3. The Labute approximate surface area is 581 Å². The first-order valence-electron chi connectivity index (χ1n) is 28.8. The minimum atomic E-state index is -5.34. The van der Waals surface area contributed by atoms with Crippen LogP contribution < -0.4 is 0 Å². The van der Waals surface area contributed by atoms with Crippen molar-refractivity contribution in [3.05, 3.63) is 289 Å². The quantitative estimate of drug-likeness (QED) is 0.0894. The molecule has 0 aliphatic rings. The number of aryl methyl sites for hydroxylation is 4. The Balaban J connectivity index is 0.000000199. The number of aliphatic hydroxyl groups excluding tert-OH is 1. The van der Waals surface area contributed by atoms with E-state index in [0.717, 1.165) is 124 Å². The zero-order valence-electron chi connectivity index (χ0n) is 52.4. The summed E-state index contributed by atoms with van der Waals surface area (Å²) >= 11 is 0. The number of halogens is 3. The standard InChI is InChI=1S/C25H16N2O.C25H15N2O.2C12H10N.C2H3F3O3S.CH4O.2Ir.H2O/c2*1-16-12-13-27-22(14-16)21-9-5-8-19-20-11-10-18(15-26)23(25(20)28-24(19)21)17-6-3-2-4-7-17;2*1-10-7-8-12(13-9-10)11-5-3-2-4-6-11;1-8-9(6,7)2(3,4)5;1-2;;;/h2-14H,1H3;2-8,10-14H,1H3;2*2-5,7-9H,1H3;1H3;2H,1H3;;;1H2/q;3*-1;;;;;. The van der Waals surface area contributed by atoms with Gasteiger partial charge in [-0.2, -0.15) is 32.1 Å². The number of pyridine rings is 4. The second kappa shape index (κ2) is 34.8. The van der Waals surface area contributed by atoms with E-state index in [1.807, 2.05) is 227 Å². The van der Waals surface area contributed by atoms with Gasteiger partial charge in [0.1, 0.15) is 16.7 Å². The molecule has 6 aromatic heterocycles. The van der Waals surface area contributed by atoms with Gasteiger partial charge in [-0.1, -0.05) is 126 Å². The molecule has 19 heteroatoms. The third kappa shape index (κ3) is 17.8. The average molecular weight is 1650 g/mol. The molecule has 0 amide bonds. The van der Waals surface area contributed by atoms with Crippen LogP contribution in [0.3, 0.4) is 0 Å². The van der Waals surface area contributed by atoms with Crippen molar-refractivity contribution in [3.63, 3.8) is 0 Å². The number of benzene rings is 8. The van der Waals surface area contributed by atoms with E-state index in [1.54, 1.807) is 6.20 Å². The maximum atomic E-state index is 11.1. The Morgan fingerprint density at radius 1 is 0.469 bits per heavy atom. The Morgan fingerprint density at radius 2 is 0.917 bits per heavy atom. The SMILES string of the molecule is CO.COS(=O)(=O)C(F)(F)F.Cc1ccc(-c2[c-]cccc2)nc1.Cc1ccc(-c2[c-]cccc2)nc1.Cc1ccnc(-c2[c-]ccc3c2oc2c(-c4ccccc4)c(C#N)ccc23)c1.Cc1ccnc(-c2cccc3c2oc2c(-c4ccccc4)c(C#N)ccc23)c1.O.[Ir].[Ir]. The topological polar surface area (TPSA) is 221 Å². The molecule has 96 heavy (non-hydrogen) atoms. The normalized spacial score (nSPS) is 10.5. The molecule has 0 saturated heterocycles. The van der Waals surface area contributed by atoms with E-state index >= 15 is 0 Å². The van der Waals surface area contributed by atoms with Crippen LogP contribution in [0.5, 0.6) is 0 Å². The number of furan rings is 2. The van der Waals surface area contributed by atoms with Crippen molar-refractivity contribution >= 4 is 54.0 Å². The van der Waals surface area contributed by atoms with Gasteiger partial charge in [-0.15, -0.1) is 90.0 Å².